The molecular weight excluding hydrogens is 396 g/mol. The zero-order chi connectivity index (χ0) is 22.8. The number of rotatable bonds is 8. The molecule has 2 unspecified atom stereocenters. The topological polar surface area (TPSA) is 54.4 Å². The zero-order valence-corrected chi connectivity index (χ0v) is 19.7. The molecule has 4 heteroatoms. The van der Waals surface area contributed by atoms with Crippen molar-refractivity contribution in [1.29, 1.82) is 0 Å². The molecule has 0 saturated heterocycles. The van der Waals surface area contributed by atoms with E-state index in [4.69, 9.17) is 16.7 Å². The first-order valence-corrected chi connectivity index (χ1v) is 11.0. The highest BCUT2D eigenvalue weighted by Crippen LogP contribution is 2.20. The van der Waals surface area contributed by atoms with Gasteiger partial charge in [0, 0.05) is 0 Å². The van der Waals surface area contributed by atoms with E-state index in [9.17, 15) is 9.59 Å². The first-order valence-electron chi connectivity index (χ1n) is 10.6. The largest absolute Gasteiger partial charge is 0.481 e. The number of hydrogen-bond acceptors (Lipinski definition) is 2. The summed E-state index contributed by atoms with van der Waals surface area (Å²) in [5, 5.41) is 8.55. The number of aliphatic carboxylic acids is 1. The Labute approximate surface area is 186 Å². The van der Waals surface area contributed by atoms with Crippen molar-refractivity contribution in [3.8, 4) is 0 Å². The maximum Gasteiger partial charge on any atom is 0.310 e. The molecule has 2 rings (SSSR count). The van der Waals surface area contributed by atoms with Crippen molar-refractivity contribution in [2.45, 2.75) is 66.2 Å². The molecule has 0 bridgehead atoms. The third-order valence-electron chi connectivity index (χ3n) is 4.96. The lowest BCUT2D eigenvalue weighted by Gasteiger charge is -2.09. The summed E-state index contributed by atoms with van der Waals surface area (Å²) in [6, 6.07) is 16.0. The van der Waals surface area contributed by atoms with E-state index in [-0.39, 0.29) is 11.2 Å². The van der Waals surface area contributed by atoms with Crippen LogP contribution in [0.5, 0.6) is 0 Å². The maximum atomic E-state index is 11.0. The van der Waals surface area contributed by atoms with Crippen LogP contribution in [0.15, 0.2) is 48.5 Å². The molecule has 2 atom stereocenters. The fourth-order valence-electron chi connectivity index (χ4n) is 3.10. The van der Waals surface area contributed by atoms with Gasteiger partial charge in [0.1, 0.15) is 0 Å². The monoisotopic (exact) mass is 430 g/mol. The summed E-state index contributed by atoms with van der Waals surface area (Å²) in [5.74, 6) is -0.111. The summed E-state index contributed by atoms with van der Waals surface area (Å²) in [7, 11) is 0. The normalized spacial score (nSPS) is 12.8. The number of carbonyl (C=O) groups excluding carboxylic acids is 1. The van der Waals surface area contributed by atoms with Crippen LogP contribution in [0.25, 0.3) is 0 Å². The van der Waals surface area contributed by atoms with Gasteiger partial charge in [0.2, 0.25) is 5.24 Å². The van der Waals surface area contributed by atoms with E-state index in [1.54, 1.807) is 6.92 Å². The highest BCUT2D eigenvalue weighted by Gasteiger charge is 2.13. The molecule has 0 aromatic heterocycles. The average molecular weight is 431 g/mol. The van der Waals surface area contributed by atoms with Crippen molar-refractivity contribution < 1.29 is 14.7 Å². The molecule has 164 valence electrons. The molecule has 0 fully saturated rings. The van der Waals surface area contributed by atoms with Crippen LogP contribution in [0.1, 0.15) is 75.6 Å². The van der Waals surface area contributed by atoms with Gasteiger partial charge in [-0.2, -0.15) is 0 Å². The molecule has 0 amide bonds. The Balaban J connectivity index is 0.000000300. The van der Waals surface area contributed by atoms with Gasteiger partial charge in [-0.15, -0.1) is 0 Å². The van der Waals surface area contributed by atoms with Crippen molar-refractivity contribution >= 4 is 22.8 Å². The fraction of sp³-hybridized carbons (Fsp3) is 0.462. The minimum Gasteiger partial charge on any atom is -0.481 e. The molecular formula is C26H35ClO3. The minimum atomic E-state index is -0.772. The standard InChI is InChI=1S/C13H17ClO.C13H18O2/c2*1-9(2)8-11-4-6-12(7-5-11)10(3)13(14)15/h4-7,9-10H,8H2,1-3H3;4-7,9-10H,8H2,1-3H3,(H,14,15). The molecule has 0 aliphatic rings. The third kappa shape index (κ3) is 9.13. The van der Waals surface area contributed by atoms with Crippen molar-refractivity contribution in [3.05, 3.63) is 70.8 Å². The number of halogens is 1. The van der Waals surface area contributed by atoms with Crippen LogP contribution in [-0.2, 0) is 22.4 Å². The highest BCUT2D eigenvalue weighted by atomic mass is 35.5. The van der Waals surface area contributed by atoms with Crippen LogP contribution >= 0.6 is 11.6 Å². The average Bonchev–Trinajstić information content (AvgIpc) is 2.67. The van der Waals surface area contributed by atoms with Crippen LogP contribution in [-0.4, -0.2) is 16.3 Å². The summed E-state index contributed by atoms with van der Waals surface area (Å²) in [4.78, 5) is 21.7. The second kappa shape index (κ2) is 12.5. The first kappa shape index (κ1) is 25.9. The lowest BCUT2D eigenvalue weighted by molar-refractivity contribution is -0.138. The molecule has 0 radical (unpaired) electrons. The van der Waals surface area contributed by atoms with E-state index in [0.29, 0.717) is 11.8 Å². The van der Waals surface area contributed by atoms with Crippen LogP contribution in [0.2, 0.25) is 0 Å². The fourth-order valence-corrected chi connectivity index (χ4v) is 3.23. The van der Waals surface area contributed by atoms with Crippen LogP contribution in [0, 0.1) is 11.8 Å². The molecule has 0 heterocycles. The van der Waals surface area contributed by atoms with E-state index < -0.39 is 11.9 Å². The molecule has 30 heavy (non-hydrogen) atoms. The van der Waals surface area contributed by atoms with Crippen molar-refractivity contribution in [1.82, 2.24) is 0 Å². The smallest absolute Gasteiger partial charge is 0.310 e. The molecule has 0 aliphatic carbocycles. The Kier molecular flexibility index (Phi) is 10.8. The van der Waals surface area contributed by atoms with E-state index in [1.807, 2.05) is 43.3 Å². The molecule has 1 N–H and O–H groups in total. The SMILES string of the molecule is CC(C)Cc1ccc(C(C)C(=O)Cl)cc1.CC(C)Cc1ccc(C(C)C(=O)O)cc1. The van der Waals surface area contributed by atoms with Crippen LogP contribution in [0.3, 0.4) is 0 Å². The second-order valence-electron chi connectivity index (χ2n) is 8.76. The lowest BCUT2D eigenvalue weighted by Crippen LogP contribution is -2.07. The van der Waals surface area contributed by atoms with Gasteiger partial charge < -0.3 is 5.11 Å². The van der Waals surface area contributed by atoms with Crippen molar-refractivity contribution in [2.75, 3.05) is 0 Å². The maximum absolute atomic E-state index is 11.0. The summed E-state index contributed by atoms with van der Waals surface area (Å²) >= 11 is 5.45. The number of hydrogen-bond donors (Lipinski definition) is 1. The third-order valence-corrected chi connectivity index (χ3v) is 5.29. The van der Waals surface area contributed by atoms with Gasteiger partial charge in [0.05, 0.1) is 11.8 Å². The summed E-state index contributed by atoms with van der Waals surface area (Å²) in [5.41, 5.74) is 4.44. The van der Waals surface area contributed by atoms with Gasteiger partial charge in [-0.25, -0.2) is 0 Å². The molecule has 0 spiro atoms. The Morgan fingerprint density at radius 3 is 1.30 bits per heavy atom. The Morgan fingerprint density at radius 1 is 0.700 bits per heavy atom. The van der Waals surface area contributed by atoms with Crippen molar-refractivity contribution in [2.24, 2.45) is 11.8 Å². The zero-order valence-electron chi connectivity index (χ0n) is 19.0. The Morgan fingerprint density at radius 2 is 1.03 bits per heavy atom. The number of carboxylic acids is 1. The molecule has 2 aromatic rings. The molecule has 0 aliphatic heterocycles. The minimum absolute atomic E-state index is 0.209. The Hall–Kier alpha value is -2.13. The van der Waals surface area contributed by atoms with Crippen LogP contribution < -0.4 is 0 Å². The Bertz CT molecular complexity index is 723. The van der Waals surface area contributed by atoms with E-state index in [2.05, 4.69) is 39.8 Å². The number of carbonyl (C=O) groups is 2. The van der Waals surface area contributed by atoms with E-state index in [0.717, 1.165) is 24.0 Å². The predicted molar refractivity (Wildman–Crippen MR) is 125 cm³/mol. The number of benzene rings is 2. The molecule has 2 aromatic carbocycles. The van der Waals surface area contributed by atoms with E-state index >= 15 is 0 Å². The van der Waals surface area contributed by atoms with Gasteiger partial charge in [-0.3, -0.25) is 9.59 Å². The summed E-state index contributed by atoms with van der Waals surface area (Å²) in [6.45, 7) is 12.3. The quantitative estimate of drug-likeness (QED) is 0.467. The van der Waals surface area contributed by atoms with E-state index in [1.165, 1.54) is 11.1 Å². The second-order valence-corrected chi connectivity index (χ2v) is 9.14. The van der Waals surface area contributed by atoms with Gasteiger partial charge in [0.25, 0.3) is 0 Å². The van der Waals surface area contributed by atoms with Crippen molar-refractivity contribution in [3.63, 3.8) is 0 Å². The molecule has 0 saturated carbocycles. The van der Waals surface area contributed by atoms with Gasteiger partial charge in [0.15, 0.2) is 0 Å². The number of carboxylic acid groups (broad SMARTS) is 1. The van der Waals surface area contributed by atoms with Crippen LogP contribution in [0.4, 0.5) is 0 Å². The lowest BCUT2D eigenvalue weighted by atomic mass is 9.97. The predicted octanol–water partition coefficient (Wildman–Crippen LogP) is 6.83. The summed E-state index contributed by atoms with van der Waals surface area (Å²) in [6.07, 6.45) is 2.12. The van der Waals surface area contributed by atoms with Gasteiger partial charge in [-0.05, 0) is 65.5 Å². The highest BCUT2D eigenvalue weighted by molar-refractivity contribution is 6.64. The van der Waals surface area contributed by atoms with Gasteiger partial charge in [-0.1, -0.05) is 83.1 Å². The summed E-state index contributed by atoms with van der Waals surface area (Å²) < 4.78 is 0. The van der Waals surface area contributed by atoms with Gasteiger partial charge >= 0.3 is 5.97 Å². The first-order chi connectivity index (χ1) is 14.0. The molecule has 3 nitrogen and oxygen atoms in total.